The van der Waals surface area contributed by atoms with Crippen LogP contribution in [0.15, 0.2) is 60.7 Å². The SMILES string of the molecule is CC[C@H](C)[C@H](NC(C)=O)C(=O)N[C@@H](Cc1ccccc1)[C@@H](O)C[C@H](Cc1ccccc1)NC(=O)CCC(=O)OC. The Kier molecular flexibility index (Phi) is 13.9. The average Bonchev–Trinajstić information content (AvgIpc) is 2.94. The largest absolute Gasteiger partial charge is 0.469 e. The molecule has 218 valence electrons. The molecule has 0 spiro atoms. The minimum Gasteiger partial charge on any atom is -0.469 e. The first kappa shape index (κ1) is 32.5. The van der Waals surface area contributed by atoms with Gasteiger partial charge in [-0.15, -0.1) is 0 Å². The number of rotatable bonds is 16. The average molecular weight is 554 g/mol. The van der Waals surface area contributed by atoms with Crippen molar-refractivity contribution in [2.24, 2.45) is 5.92 Å². The zero-order valence-corrected chi connectivity index (χ0v) is 23.9. The first-order valence-corrected chi connectivity index (χ1v) is 13.8. The highest BCUT2D eigenvalue weighted by Gasteiger charge is 2.31. The predicted octanol–water partition coefficient (Wildman–Crippen LogP) is 2.70. The third kappa shape index (κ3) is 11.6. The fraction of sp³-hybridized carbons (Fsp3) is 0.484. The van der Waals surface area contributed by atoms with Crippen molar-refractivity contribution in [2.45, 2.75) is 83.5 Å². The van der Waals surface area contributed by atoms with Crippen molar-refractivity contribution in [3.8, 4) is 0 Å². The van der Waals surface area contributed by atoms with Gasteiger partial charge in [0.1, 0.15) is 6.04 Å². The van der Waals surface area contributed by atoms with E-state index in [0.717, 1.165) is 11.1 Å². The summed E-state index contributed by atoms with van der Waals surface area (Å²) in [5.41, 5.74) is 1.90. The van der Waals surface area contributed by atoms with Crippen LogP contribution in [0.3, 0.4) is 0 Å². The van der Waals surface area contributed by atoms with Gasteiger partial charge >= 0.3 is 5.97 Å². The Morgan fingerprint density at radius 1 is 0.850 bits per heavy atom. The van der Waals surface area contributed by atoms with E-state index < -0.39 is 30.2 Å². The minimum atomic E-state index is -1.02. The van der Waals surface area contributed by atoms with Crippen LogP contribution in [0.5, 0.6) is 0 Å². The Hall–Kier alpha value is -3.72. The lowest BCUT2D eigenvalue weighted by Crippen LogP contribution is -2.55. The molecule has 0 unspecified atom stereocenters. The number of aliphatic hydroxyl groups excluding tert-OH is 1. The highest BCUT2D eigenvalue weighted by Crippen LogP contribution is 2.16. The molecule has 2 aromatic rings. The molecule has 0 aromatic heterocycles. The second-order valence-corrected chi connectivity index (χ2v) is 10.2. The van der Waals surface area contributed by atoms with Crippen molar-refractivity contribution in [1.29, 1.82) is 0 Å². The van der Waals surface area contributed by atoms with Gasteiger partial charge in [-0.2, -0.15) is 0 Å². The molecule has 0 saturated carbocycles. The van der Waals surface area contributed by atoms with Gasteiger partial charge in [-0.3, -0.25) is 19.2 Å². The van der Waals surface area contributed by atoms with E-state index in [1.54, 1.807) is 0 Å². The van der Waals surface area contributed by atoms with Gasteiger partial charge in [-0.25, -0.2) is 0 Å². The van der Waals surface area contributed by atoms with Gasteiger partial charge in [0.05, 0.1) is 25.7 Å². The van der Waals surface area contributed by atoms with Crippen LogP contribution >= 0.6 is 0 Å². The molecule has 0 aliphatic rings. The molecule has 9 heteroatoms. The third-order valence-electron chi connectivity index (χ3n) is 6.94. The number of nitrogens with one attached hydrogen (secondary N) is 3. The van der Waals surface area contributed by atoms with Crippen molar-refractivity contribution >= 4 is 23.7 Å². The van der Waals surface area contributed by atoms with E-state index in [0.29, 0.717) is 19.3 Å². The van der Waals surface area contributed by atoms with E-state index in [4.69, 9.17) is 0 Å². The quantitative estimate of drug-likeness (QED) is 0.236. The van der Waals surface area contributed by atoms with Crippen LogP contribution in [0.25, 0.3) is 0 Å². The summed E-state index contributed by atoms with van der Waals surface area (Å²) in [6.07, 6.45) is 0.547. The molecule has 0 aliphatic carbocycles. The summed E-state index contributed by atoms with van der Waals surface area (Å²) in [7, 11) is 1.27. The molecular weight excluding hydrogens is 510 g/mol. The Morgan fingerprint density at radius 2 is 1.43 bits per heavy atom. The second-order valence-electron chi connectivity index (χ2n) is 10.2. The number of hydrogen-bond donors (Lipinski definition) is 4. The molecule has 5 atom stereocenters. The Bertz CT molecular complexity index is 1080. The molecule has 9 nitrogen and oxygen atoms in total. The summed E-state index contributed by atoms with van der Waals surface area (Å²) >= 11 is 0. The summed E-state index contributed by atoms with van der Waals surface area (Å²) < 4.78 is 4.63. The number of amides is 3. The topological polar surface area (TPSA) is 134 Å². The molecule has 0 fully saturated rings. The molecule has 0 radical (unpaired) electrons. The lowest BCUT2D eigenvalue weighted by atomic mass is 9.92. The van der Waals surface area contributed by atoms with Gasteiger partial charge in [0.25, 0.3) is 0 Å². The number of benzene rings is 2. The summed E-state index contributed by atoms with van der Waals surface area (Å²) in [5, 5.41) is 20.1. The fourth-order valence-electron chi connectivity index (χ4n) is 4.51. The molecule has 3 amide bonds. The number of carbonyl (C=O) groups is 4. The number of carbonyl (C=O) groups excluding carboxylic acids is 4. The molecule has 4 N–H and O–H groups in total. The molecular formula is C31H43N3O6. The van der Waals surface area contributed by atoms with Crippen molar-refractivity contribution < 1.29 is 29.0 Å². The zero-order chi connectivity index (χ0) is 29.5. The van der Waals surface area contributed by atoms with Crippen LogP contribution in [0, 0.1) is 5.92 Å². The molecule has 0 saturated heterocycles. The first-order valence-electron chi connectivity index (χ1n) is 13.8. The fourth-order valence-corrected chi connectivity index (χ4v) is 4.51. The summed E-state index contributed by atoms with van der Waals surface area (Å²) in [6, 6.07) is 17.2. The van der Waals surface area contributed by atoms with Gasteiger partial charge in [0.2, 0.25) is 17.7 Å². The maximum atomic E-state index is 13.4. The van der Waals surface area contributed by atoms with E-state index >= 15 is 0 Å². The van der Waals surface area contributed by atoms with Crippen molar-refractivity contribution in [1.82, 2.24) is 16.0 Å². The van der Waals surface area contributed by atoms with Crippen LogP contribution < -0.4 is 16.0 Å². The predicted molar refractivity (Wildman–Crippen MR) is 153 cm³/mol. The Labute approximate surface area is 237 Å². The van der Waals surface area contributed by atoms with E-state index in [1.807, 2.05) is 74.5 Å². The summed E-state index contributed by atoms with van der Waals surface area (Å²) in [5.74, 6) is -1.59. The smallest absolute Gasteiger partial charge is 0.306 e. The Morgan fingerprint density at radius 3 is 1.95 bits per heavy atom. The van der Waals surface area contributed by atoms with Crippen molar-refractivity contribution in [3.63, 3.8) is 0 Å². The number of methoxy groups -OCH3 is 1. The molecule has 0 aliphatic heterocycles. The number of esters is 1. The van der Waals surface area contributed by atoms with E-state index in [9.17, 15) is 24.3 Å². The monoisotopic (exact) mass is 553 g/mol. The van der Waals surface area contributed by atoms with Gasteiger partial charge in [-0.05, 0) is 36.3 Å². The zero-order valence-electron chi connectivity index (χ0n) is 23.9. The van der Waals surface area contributed by atoms with Crippen LogP contribution in [-0.4, -0.2) is 60.1 Å². The maximum Gasteiger partial charge on any atom is 0.306 e. The van der Waals surface area contributed by atoms with E-state index in [-0.39, 0.29) is 42.9 Å². The van der Waals surface area contributed by atoms with Crippen molar-refractivity contribution in [2.75, 3.05) is 7.11 Å². The second kappa shape index (κ2) is 17.1. The van der Waals surface area contributed by atoms with Crippen molar-refractivity contribution in [3.05, 3.63) is 71.8 Å². The summed E-state index contributed by atoms with van der Waals surface area (Å²) in [4.78, 5) is 49.4. The van der Waals surface area contributed by atoms with Gasteiger partial charge in [0, 0.05) is 19.4 Å². The van der Waals surface area contributed by atoms with Gasteiger partial charge in [0.15, 0.2) is 0 Å². The van der Waals surface area contributed by atoms with Gasteiger partial charge in [-0.1, -0.05) is 80.9 Å². The maximum absolute atomic E-state index is 13.4. The van der Waals surface area contributed by atoms with Gasteiger partial charge < -0.3 is 25.8 Å². The number of ether oxygens (including phenoxy) is 1. The Balaban J connectivity index is 2.26. The van der Waals surface area contributed by atoms with Crippen LogP contribution in [0.4, 0.5) is 0 Å². The molecule has 0 bridgehead atoms. The third-order valence-corrected chi connectivity index (χ3v) is 6.94. The normalized spacial score (nSPS) is 14.6. The molecule has 0 heterocycles. The van der Waals surface area contributed by atoms with E-state index in [1.165, 1.54) is 14.0 Å². The van der Waals surface area contributed by atoms with Crippen LogP contribution in [0.1, 0.15) is 57.6 Å². The number of hydrogen-bond acceptors (Lipinski definition) is 6. The van der Waals surface area contributed by atoms with Crippen LogP contribution in [-0.2, 0) is 36.8 Å². The summed E-state index contributed by atoms with van der Waals surface area (Å²) in [6.45, 7) is 5.21. The lowest BCUT2D eigenvalue weighted by molar-refractivity contribution is -0.142. The molecule has 40 heavy (non-hydrogen) atoms. The molecule has 2 rings (SSSR count). The van der Waals surface area contributed by atoms with E-state index in [2.05, 4.69) is 20.7 Å². The standard InChI is InChI=1S/C31H43N3O6/c1-5-21(2)30(32-22(3)35)31(39)34-26(19-24-14-10-7-11-15-24)27(36)20-25(18-23-12-8-6-9-13-23)33-28(37)16-17-29(38)40-4/h6-15,21,25-27,30,36H,5,16-20H2,1-4H3,(H,32,35)(H,33,37)(H,34,39)/t21-,25-,26-,27-,30-/m0/s1. The highest BCUT2D eigenvalue weighted by atomic mass is 16.5. The number of aliphatic hydroxyl groups is 1. The highest BCUT2D eigenvalue weighted by molar-refractivity contribution is 5.87. The van der Waals surface area contributed by atoms with Crippen LogP contribution in [0.2, 0.25) is 0 Å². The first-order chi connectivity index (χ1) is 19.1. The molecule has 2 aromatic carbocycles. The lowest BCUT2D eigenvalue weighted by Gasteiger charge is -2.31. The minimum absolute atomic E-state index is 0.0362.